The fourth-order valence-electron chi connectivity index (χ4n) is 7.66. The predicted octanol–water partition coefficient (Wildman–Crippen LogP) is 6.54. The van der Waals surface area contributed by atoms with Gasteiger partial charge in [-0.05, 0) is 64.2 Å². The van der Waals surface area contributed by atoms with Crippen LogP contribution in [-0.2, 0) is 38.0 Å². The second kappa shape index (κ2) is 37.7. The molecule has 0 bridgehead atoms. The van der Waals surface area contributed by atoms with E-state index in [1.807, 2.05) is 0 Å². The molecule has 2 aliphatic heterocycles. The van der Waals surface area contributed by atoms with Crippen molar-refractivity contribution < 1.29 is 73.8 Å². The van der Waals surface area contributed by atoms with E-state index < -0.39 is 92.7 Å². The fraction of sp³-hybridized carbons (Fsp3) is 0.840. The van der Waals surface area contributed by atoms with Crippen molar-refractivity contribution in [1.82, 2.24) is 0 Å². The van der Waals surface area contributed by atoms with Crippen LogP contribution in [-0.4, -0.2) is 142 Å². The predicted molar refractivity (Wildman–Crippen MR) is 247 cm³/mol. The van der Waals surface area contributed by atoms with E-state index in [4.69, 9.17) is 28.4 Å². The molecule has 0 spiro atoms. The summed E-state index contributed by atoms with van der Waals surface area (Å²) in [6.45, 7) is 2.48. The molecule has 65 heavy (non-hydrogen) atoms. The molecule has 11 atom stereocenters. The van der Waals surface area contributed by atoms with Crippen molar-refractivity contribution in [1.29, 1.82) is 0 Å². The first-order valence-electron chi connectivity index (χ1n) is 25.1. The summed E-state index contributed by atoms with van der Waals surface area (Å²) in [5, 5.41) is 72.0. The molecule has 0 radical (unpaired) electrons. The maximum Gasteiger partial charge on any atom is 0.306 e. The lowest BCUT2D eigenvalue weighted by atomic mass is 9.98. The van der Waals surface area contributed by atoms with Gasteiger partial charge in [0.25, 0.3) is 0 Å². The van der Waals surface area contributed by atoms with E-state index in [1.165, 1.54) is 51.4 Å². The van der Waals surface area contributed by atoms with Crippen molar-refractivity contribution in [2.24, 2.45) is 0 Å². The molecular weight excluding hydrogens is 841 g/mol. The van der Waals surface area contributed by atoms with Crippen LogP contribution >= 0.6 is 0 Å². The van der Waals surface area contributed by atoms with Crippen LogP contribution in [0.25, 0.3) is 0 Å². The summed E-state index contributed by atoms with van der Waals surface area (Å²) in [5.74, 6) is -0.942. The molecule has 2 aliphatic rings. The molecule has 2 saturated heterocycles. The first-order valence-corrected chi connectivity index (χ1v) is 25.1. The van der Waals surface area contributed by atoms with Gasteiger partial charge in [-0.2, -0.15) is 0 Å². The van der Waals surface area contributed by atoms with E-state index in [-0.39, 0.29) is 26.1 Å². The van der Waals surface area contributed by atoms with Gasteiger partial charge in [-0.3, -0.25) is 9.59 Å². The summed E-state index contributed by atoms with van der Waals surface area (Å²) < 4.78 is 33.5. The zero-order chi connectivity index (χ0) is 47.5. The Morgan fingerprint density at radius 1 is 0.492 bits per heavy atom. The summed E-state index contributed by atoms with van der Waals surface area (Å²) in [6, 6.07) is 0. The van der Waals surface area contributed by atoms with Gasteiger partial charge in [0.2, 0.25) is 0 Å². The zero-order valence-corrected chi connectivity index (χ0v) is 39.7. The highest BCUT2D eigenvalue weighted by atomic mass is 16.7. The van der Waals surface area contributed by atoms with Crippen LogP contribution in [0.15, 0.2) is 36.5 Å². The molecule has 2 heterocycles. The Balaban J connectivity index is 1.80. The van der Waals surface area contributed by atoms with Crippen LogP contribution in [0.2, 0.25) is 0 Å². The second-order valence-corrected chi connectivity index (χ2v) is 17.6. The minimum atomic E-state index is -1.77. The number of hydrogen-bond donors (Lipinski definition) is 7. The quantitative estimate of drug-likeness (QED) is 0.0198. The molecule has 0 aromatic carbocycles. The maximum absolute atomic E-state index is 13.0. The van der Waals surface area contributed by atoms with Crippen molar-refractivity contribution in [2.45, 2.75) is 242 Å². The van der Waals surface area contributed by atoms with Gasteiger partial charge in [-0.15, -0.1) is 0 Å². The third-order valence-electron chi connectivity index (χ3n) is 11.8. The highest BCUT2D eigenvalue weighted by Gasteiger charge is 2.47. The molecule has 0 aliphatic carbocycles. The number of ether oxygens (including phenoxy) is 6. The van der Waals surface area contributed by atoms with Gasteiger partial charge in [-0.1, -0.05) is 134 Å². The Morgan fingerprint density at radius 2 is 0.954 bits per heavy atom. The lowest BCUT2D eigenvalue weighted by Crippen LogP contribution is -2.61. The summed E-state index contributed by atoms with van der Waals surface area (Å²) in [6.07, 6.45) is 21.8. The van der Waals surface area contributed by atoms with Crippen molar-refractivity contribution in [3.05, 3.63) is 36.5 Å². The largest absolute Gasteiger partial charge is 0.462 e. The molecule has 0 amide bonds. The first-order chi connectivity index (χ1) is 31.5. The van der Waals surface area contributed by atoms with Gasteiger partial charge in [-0.25, -0.2) is 0 Å². The summed E-state index contributed by atoms with van der Waals surface area (Å²) in [4.78, 5) is 25.7. The molecular formula is C50H88O15. The monoisotopic (exact) mass is 929 g/mol. The molecule has 15 nitrogen and oxygen atoms in total. The van der Waals surface area contributed by atoms with E-state index in [0.717, 1.165) is 83.5 Å². The average molecular weight is 929 g/mol. The molecule has 0 aromatic rings. The lowest BCUT2D eigenvalue weighted by molar-refractivity contribution is -0.332. The van der Waals surface area contributed by atoms with Crippen LogP contribution in [0.5, 0.6) is 0 Å². The van der Waals surface area contributed by atoms with Crippen LogP contribution < -0.4 is 0 Å². The van der Waals surface area contributed by atoms with E-state index in [9.17, 15) is 45.3 Å². The number of allylic oxidation sites excluding steroid dienone is 6. The van der Waals surface area contributed by atoms with Crippen molar-refractivity contribution in [3.63, 3.8) is 0 Å². The highest BCUT2D eigenvalue weighted by molar-refractivity contribution is 5.70. The van der Waals surface area contributed by atoms with Gasteiger partial charge < -0.3 is 64.2 Å². The summed E-state index contributed by atoms with van der Waals surface area (Å²) in [5.41, 5.74) is 0. The number of hydrogen-bond acceptors (Lipinski definition) is 15. The Labute approximate surface area is 389 Å². The second-order valence-electron chi connectivity index (χ2n) is 17.6. The van der Waals surface area contributed by atoms with Crippen molar-refractivity contribution in [3.8, 4) is 0 Å². The molecule has 2 rings (SSSR count). The topological polar surface area (TPSA) is 231 Å². The standard InChI is InChI=1S/C50H88O15/c1-3-5-7-9-11-13-15-16-17-18-19-20-21-22-23-25-27-29-31-33-42(53)63-38(35-60-41(52)32-30-28-26-24-14-12-10-8-6-4-2)36-61-49-48(59)46(57)44(55)40(65-49)37-62-50-47(58)45(56)43(54)39(34-51)64-50/h8,10-11,13,16-17,38-40,43-51,54-59H,3-7,9,12,14-15,18-37H2,1-2H3/b10-8-,13-11-,17-16-. The number of aliphatic hydroxyl groups is 7. The maximum atomic E-state index is 13.0. The minimum Gasteiger partial charge on any atom is -0.462 e. The van der Waals surface area contributed by atoms with E-state index >= 15 is 0 Å². The third kappa shape index (κ3) is 26.2. The third-order valence-corrected chi connectivity index (χ3v) is 11.8. The van der Waals surface area contributed by atoms with Gasteiger partial charge in [0.1, 0.15) is 55.4 Å². The van der Waals surface area contributed by atoms with Crippen LogP contribution in [0.1, 0.15) is 174 Å². The number of carbonyl (C=O) groups excluding carboxylic acids is 2. The first kappa shape index (κ1) is 58.8. The number of esters is 2. The molecule has 2 fully saturated rings. The number of carbonyl (C=O) groups is 2. The smallest absolute Gasteiger partial charge is 0.306 e. The normalized spacial score (nSPS) is 26.7. The number of unbranched alkanes of at least 4 members (excludes halogenated alkanes) is 18. The minimum absolute atomic E-state index is 0.159. The number of rotatable bonds is 38. The molecule has 0 saturated carbocycles. The van der Waals surface area contributed by atoms with E-state index in [2.05, 4.69) is 50.3 Å². The molecule has 0 aromatic heterocycles. The summed E-state index contributed by atoms with van der Waals surface area (Å²) in [7, 11) is 0. The Morgan fingerprint density at radius 3 is 1.51 bits per heavy atom. The van der Waals surface area contributed by atoms with E-state index in [0.29, 0.717) is 12.8 Å². The van der Waals surface area contributed by atoms with Crippen LogP contribution in [0.3, 0.4) is 0 Å². The van der Waals surface area contributed by atoms with Crippen LogP contribution in [0, 0.1) is 0 Å². The summed E-state index contributed by atoms with van der Waals surface area (Å²) >= 11 is 0. The fourth-order valence-corrected chi connectivity index (χ4v) is 7.66. The average Bonchev–Trinajstić information content (AvgIpc) is 3.30. The molecule has 378 valence electrons. The van der Waals surface area contributed by atoms with Gasteiger partial charge in [0.15, 0.2) is 18.7 Å². The molecule has 7 N–H and O–H groups in total. The highest BCUT2D eigenvalue weighted by Crippen LogP contribution is 2.26. The van der Waals surface area contributed by atoms with Crippen molar-refractivity contribution >= 4 is 11.9 Å². The Bertz CT molecular complexity index is 1280. The van der Waals surface area contributed by atoms with Crippen LogP contribution in [0.4, 0.5) is 0 Å². The van der Waals surface area contributed by atoms with Gasteiger partial charge >= 0.3 is 11.9 Å². The zero-order valence-electron chi connectivity index (χ0n) is 39.7. The van der Waals surface area contributed by atoms with Gasteiger partial charge in [0, 0.05) is 12.8 Å². The van der Waals surface area contributed by atoms with E-state index in [1.54, 1.807) is 0 Å². The Kier molecular flexibility index (Phi) is 34.1. The lowest BCUT2D eigenvalue weighted by Gasteiger charge is -2.42. The Hall–Kier alpha value is -2.28. The van der Waals surface area contributed by atoms with Gasteiger partial charge in [0.05, 0.1) is 19.8 Å². The molecule has 15 heteroatoms. The van der Waals surface area contributed by atoms with Crippen molar-refractivity contribution in [2.75, 3.05) is 26.4 Å². The number of aliphatic hydroxyl groups excluding tert-OH is 7. The SMILES string of the molecule is CCC/C=C\CCCCCCCC(=O)OCC(COC1OC(COC2OC(CO)C(O)C(O)C2O)C(O)C(O)C1O)OC(=O)CCCCCCCCCCC/C=C\C/C=C\CCCCC. The molecule has 11 unspecified atom stereocenters.